The first-order valence-corrected chi connectivity index (χ1v) is 13.7. The standard InChI is InChI=1S/C27H40FN3O3/c1-29(2)24-20(28)14-18-23-26(24)34-21-11-10-16-8-4-5-9-17(16)22(21)31(23)15-19(25(18)32)27(33)30-12-6-3-7-13-30/h15-18,20-24,26H,3-14H2,1-2H3. The Morgan fingerprint density at radius 3 is 2.56 bits per heavy atom. The first-order chi connectivity index (χ1) is 16.5. The number of amides is 1. The van der Waals surface area contributed by atoms with Crippen LogP contribution in [0.4, 0.5) is 4.39 Å². The average molecular weight is 474 g/mol. The Balaban J connectivity index is 1.42. The van der Waals surface area contributed by atoms with Crippen molar-refractivity contribution in [3.63, 3.8) is 0 Å². The summed E-state index contributed by atoms with van der Waals surface area (Å²) in [5.74, 6) is 0.437. The maximum atomic E-state index is 15.6. The maximum Gasteiger partial charge on any atom is 0.258 e. The summed E-state index contributed by atoms with van der Waals surface area (Å²) in [7, 11) is 3.84. The highest BCUT2D eigenvalue weighted by molar-refractivity contribution is 6.20. The van der Waals surface area contributed by atoms with E-state index < -0.39 is 12.1 Å². The van der Waals surface area contributed by atoms with Crippen LogP contribution >= 0.6 is 0 Å². The van der Waals surface area contributed by atoms with E-state index in [2.05, 4.69) is 4.90 Å². The lowest BCUT2D eigenvalue weighted by atomic mass is 9.63. The van der Waals surface area contributed by atoms with Crippen LogP contribution in [0.3, 0.4) is 0 Å². The molecule has 3 aliphatic heterocycles. The van der Waals surface area contributed by atoms with Gasteiger partial charge in [-0.25, -0.2) is 4.39 Å². The molecule has 5 fully saturated rings. The Labute approximate surface area is 202 Å². The number of ketones is 1. The monoisotopic (exact) mass is 473 g/mol. The van der Waals surface area contributed by atoms with Gasteiger partial charge in [0.15, 0.2) is 5.78 Å². The predicted molar refractivity (Wildman–Crippen MR) is 127 cm³/mol. The summed E-state index contributed by atoms with van der Waals surface area (Å²) in [4.78, 5) is 33.5. The second kappa shape index (κ2) is 8.88. The van der Waals surface area contributed by atoms with Gasteiger partial charge in [-0.2, -0.15) is 0 Å². The van der Waals surface area contributed by atoms with Gasteiger partial charge in [0.05, 0.1) is 35.9 Å². The number of piperidine rings is 1. The van der Waals surface area contributed by atoms with Crippen LogP contribution in [0.5, 0.6) is 0 Å². The second-order valence-corrected chi connectivity index (χ2v) is 11.9. The minimum absolute atomic E-state index is 0.0461. The zero-order chi connectivity index (χ0) is 23.6. The quantitative estimate of drug-likeness (QED) is 0.577. The number of carbonyl (C=O) groups excluding carboxylic acids is 2. The number of hydrogen-bond acceptors (Lipinski definition) is 5. The molecule has 0 bridgehead atoms. The highest BCUT2D eigenvalue weighted by atomic mass is 19.1. The zero-order valence-electron chi connectivity index (χ0n) is 20.7. The number of halogens is 1. The normalized spacial score (nSPS) is 44.2. The first kappa shape index (κ1) is 23.0. The van der Waals surface area contributed by atoms with Crippen LogP contribution in [-0.2, 0) is 14.3 Å². The Kier molecular flexibility index (Phi) is 6.00. The number of morpholine rings is 1. The zero-order valence-corrected chi connectivity index (χ0v) is 20.7. The van der Waals surface area contributed by atoms with E-state index in [1.54, 1.807) is 0 Å². The highest BCUT2D eigenvalue weighted by Crippen LogP contribution is 2.51. The summed E-state index contributed by atoms with van der Waals surface area (Å²) in [6.07, 6.45) is 10.9. The molecule has 6 nitrogen and oxygen atoms in total. The van der Waals surface area contributed by atoms with E-state index in [0.717, 1.165) is 25.7 Å². The van der Waals surface area contributed by atoms with Crippen molar-refractivity contribution >= 4 is 11.7 Å². The van der Waals surface area contributed by atoms with Crippen molar-refractivity contribution in [3.8, 4) is 0 Å². The molecular weight excluding hydrogens is 433 g/mol. The number of hydrogen-bond donors (Lipinski definition) is 0. The molecule has 1 amide bonds. The molecule has 0 aromatic rings. The summed E-state index contributed by atoms with van der Waals surface area (Å²) < 4.78 is 22.4. The van der Waals surface area contributed by atoms with Crippen LogP contribution in [0.2, 0.25) is 0 Å². The molecule has 188 valence electrons. The number of likely N-dealkylation sites (N-methyl/N-ethyl adjacent to an activating group) is 1. The van der Waals surface area contributed by atoms with E-state index in [1.165, 1.54) is 32.1 Å². The van der Waals surface area contributed by atoms with Gasteiger partial charge in [-0.05, 0) is 70.9 Å². The highest BCUT2D eigenvalue weighted by Gasteiger charge is 2.61. The van der Waals surface area contributed by atoms with E-state index in [0.29, 0.717) is 30.5 Å². The maximum absolute atomic E-state index is 15.6. The van der Waals surface area contributed by atoms with Crippen LogP contribution in [0.1, 0.15) is 64.2 Å². The molecule has 34 heavy (non-hydrogen) atoms. The molecule has 6 rings (SSSR count). The predicted octanol–water partition coefficient (Wildman–Crippen LogP) is 3.16. The number of alkyl halides is 1. The number of carbonyl (C=O) groups is 2. The molecule has 0 radical (unpaired) electrons. The van der Waals surface area contributed by atoms with Gasteiger partial charge < -0.3 is 19.4 Å². The Morgan fingerprint density at radius 1 is 1.03 bits per heavy atom. The summed E-state index contributed by atoms with van der Waals surface area (Å²) in [5, 5.41) is 0. The third-order valence-electron chi connectivity index (χ3n) is 9.92. The van der Waals surface area contributed by atoms with Crippen molar-refractivity contribution in [1.82, 2.24) is 14.7 Å². The van der Waals surface area contributed by atoms with E-state index in [4.69, 9.17) is 4.74 Å². The number of likely N-dealkylation sites (tertiary alicyclic amines) is 1. The number of rotatable bonds is 2. The van der Waals surface area contributed by atoms with E-state index >= 15 is 4.39 Å². The SMILES string of the molecule is CN(C)C1C(F)CC2C(=O)C(C(=O)N3CCCCC3)=CN3C4C(CCC5CCCCC54)OC1C23. The van der Waals surface area contributed by atoms with Gasteiger partial charge >= 0.3 is 0 Å². The third kappa shape index (κ3) is 3.56. The molecular formula is C27H40FN3O3. The fraction of sp³-hybridized carbons (Fsp3) is 0.852. The number of ether oxygens (including phenoxy) is 1. The molecule has 6 aliphatic rings. The van der Waals surface area contributed by atoms with Crippen molar-refractivity contribution in [3.05, 3.63) is 11.8 Å². The summed E-state index contributed by atoms with van der Waals surface area (Å²) in [6, 6.07) is -0.347. The van der Waals surface area contributed by atoms with E-state index in [1.807, 2.05) is 30.1 Å². The second-order valence-electron chi connectivity index (χ2n) is 11.9. The smallest absolute Gasteiger partial charge is 0.258 e. The van der Waals surface area contributed by atoms with Crippen LogP contribution in [0, 0.1) is 17.8 Å². The summed E-state index contributed by atoms with van der Waals surface area (Å²) >= 11 is 0. The first-order valence-electron chi connectivity index (χ1n) is 13.7. The van der Waals surface area contributed by atoms with Gasteiger partial charge in [-0.15, -0.1) is 0 Å². The van der Waals surface area contributed by atoms with Gasteiger partial charge in [0.2, 0.25) is 0 Å². The molecule has 2 saturated heterocycles. The van der Waals surface area contributed by atoms with Gasteiger partial charge in [-0.1, -0.05) is 19.3 Å². The van der Waals surface area contributed by atoms with Crippen LogP contribution in [-0.4, -0.2) is 90.1 Å². The number of nitrogens with zero attached hydrogens (tertiary/aromatic N) is 3. The van der Waals surface area contributed by atoms with Crippen molar-refractivity contribution in [2.75, 3.05) is 27.2 Å². The largest absolute Gasteiger partial charge is 0.369 e. The Bertz CT molecular complexity index is 856. The van der Waals surface area contributed by atoms with Gasteiger partial charge in [0, 0.05) is 25.2 Å². The van der Waals surface area contributed by atoms with Gasteiger partial charge in [0.25, 0.3) is 5.91 Å². The average Bonchev–Trinajstić information content (AvgIpc) is 2.85. The minimum Gasteiger partial charge on any atom is -0.369 e. The fourth-order valence-corrected chi connectivity index (χ4v) is 8.42. The Hall–Kier alpha value is -1.47. The summed E-state index contributed by atoms with van der Waals surface area (Å²) in [6.45, 7) is 1.43. The number of fused-ring (bicyclic) bond motifs is 4. The lowest BCUT2D eigenvalue weighted by molar-refractivity contribution is -0.224. The van der Waals surface area contributed by atoms with Crippen LogP contribution in [0.15, 0.2) is 11.8 Å². The Morgan fingerprint density at radius 2 is 1.79 bits per heavy atom. The number of Topliss-reactive ketones (excluding diaryl/α,β-unsaturated/α-hetero) is 1. The van der Waals surface area contributed by atoms with E-state index in [9.17, 15) is 9.59 Å². The molecule has 0 N–H and O–H groups in total. The molecule has 3 heterocycles. The van der Waals surface area contributed by atoms with Crippen molar-refractivity contribution in [2.45, 2.75) is 101 Å². The minimum atomic E-state index is -1.14. The van der Waals surface area contributed by atoms with Crippen molar-refractivity contribution < 1.29 is 18.7 Å². The van der Waals surface area contributed by atoms with Crippen LogP contribution in [0.25, 0.3) is 0 Å². The molecule has 0 aromatic heterocycles. The van der Waals surface area contributed by atoms with Gasteiger partial charge in [-0.3, -0.25) is 9.59 Å². The fourth-order valence-electron chi connectivity index (χ4n) is 8.42. The molecule has 0 aromatic carbocycles. The lowest BCUT2D eigenvalue weighted by Gasteiger charge is -2.62. The topological polar surface area (TPSA) is 53.1 Å². The molecule has 9 atom stereocenters. The van der Waals surface area contributed by atoms with Crippen molar-refractivity contribution in [2.24, 2.45) is 17.8 Å². The lowest BCUT2D eigenvalue weighted by Crippen LogP contribution is -2.74. The molecule has 9 unspecified atom stereocenters. The molecule has 7 heteroatoms. The van der Waals surface area contributed by atoms with Gasteiger partial charge in [0.1, 0.15) is 6.17 Å². The third-order valence-corrected chi connectivity index (χ3v) is 9.92. The van der Waals surface area contributed by atoms with Crippen molar-refractivity contribution in [1.29, 1.82) is 0 Å². The molecule has 3 aliphatic carbocycles. The van der Waals surface area contributed by atoms with Crippen LogP contribution < -0.4 is 0 Å². The summed E-state index contributed by atoms with van der Waals surface area (Å²) in [5.41, 5.74) is 0.302. The molecule has 3 saturated carbocycles. The van der Waals surface area contributed by atoms with E-state index in [-0.39, 0.29) is 48.4 Å². The molecule has 0 spiro atoms.